The largest absolute Gasteiger partial charge is 0.469 e. The molecule has 0 radical (unpaired) electrons. The third-order valence-electron chi connectivity index (χ3n) is 1.66. The number of rotatable bonds is 2. The molecule has 1 aliphatic rings. The van der Waals surface area contributed by atoms with Crippen LogP contribution in [0.25, 0.3) is 0 Å². The minimum atomic E-state index is -0.286. The van der Waals surface area contributed by atoms with E-state index in [1.807, 2.05) is 0 Å². The minimum absolute atomic E-state index is 0.0903. The van der Waals surface area contributed by atoms with Gasteiger partial charge in [-0.05, 0) is 0 Å². The molecule has 1 atom stereocenters. The van der Waals surface area contributed by atoms with Crippen LogP contribution in [0.5, 0.6) is 0 Å². The number of thioether (sulfide) groups is 1. The van der Waals surface area contributed by atoms with E-state index < -0.39 is 0 Å². The van der Waals surface area contributed by atoms with Gasteiger partial charge in [0, 0.05) is 11.7 Å². The Kier molecular flexibility index (Phi) is 2.93. The molecule has 1 aliphatic heterocycles. The van der Waals surface area contributed by atoms with Crippen LogP contribution in [-0.4, -0.2) is 30.4 Å². The molecule has 0 unspecified atom stereocenters. The average molecular weight is 174 g/mol. The normalized spacial score (nSPS) is 23.7. The number of esters is 1. The van der Waals surface area contributed by atoms with Gasteiger partial charge in [0.1, 0.15) is 5.78 Å². The summed E-state index contributed by atoms with van der Waals surface area (Å²) in [5, 5.41) is 0. The summed E-state index contributed by atoms with van der Waals surface area (Å²) < 4.78 is 4.46. The summed E-state index contributed by atoms with van der Waals surface area (Å²) in [6, 6.07) is 0. The van der Waals surface area contributed by atoms with Gasteiger partial charge >= 0.3 is 5.97 Å². The fraction of sp³-hybridized carbons (Fsp3) is 0.714. The zero-order valence-corrected chi connectivity index (χ0v) is 7.15. The van der Waals surface area contributed by atoms with Gasteiger partial charge < -0.3 is 4.74 Å². The van der Waals surface area contributed by atoms with Gasteiger partial charge in [-0.2, -0.15) is 11.8 Å². The average Bonchev–Trinajstić information content (AvgIpc) is 2.37. The Labute approximate surface area is 69.5 Å². The molecule has 1 rings (SSSR count). The van der Waals surface area contributed by atoms with Crippen LogP contribution in [0.2, 0.25) is 0 Å². The topological polar surface area (TPSA) is 43.4 Å². The molecule has 1 fully saturated rings. The molecule has 11 heavy (non-hydrogen) atoms. The Morgan fingerprint density at radius 2 is 2.55 bits per heavy atom. The number of carbonyl (C=O) groups excluding carboxylic acids is 2. The summed E-state index contributed by atoms with van der Waals surface area (Å²) in [7, 11) is 1.34. The molecule has 1 saturated heterocycles. The summed E-state index contributed by atoms with van der Waals surface area (Å²) >= 11 is 1.59. The highest BCUT2D eigenvalue weighted by Gasteiger charge is 2.27. The van der Waals surface area contributed by atoms with Crippen molar-refractivity contribution in [3.63, 3.8) is 0 Å². The molecule has 0 aliphatic carbocycles. The number of ether oxygens (including phenoxy) is 1. The first-order valence-electron chi connectivity index (χ1n) is 3.41. The predicted octanol–water partition coefficient (Wildman–Crippen LogP) is 0.482. The van der Waals surface area contributed by atoms with Crippen molar-refractivity contribution < 1.29 is 14.3 Å². The highest BCUT2D eigenvalue weighted by molar-refractivity contribution is 8.00. The first-order valence-corrected chi connectivity index (χ1v) is 4.56. The summed E-state index contributed by atoms with van der Waals surface area (Å²) in [5.74, 6) is 1.13. The van der Waals surface area contributed by atoms with Gasteiger partial charge in [-0.1, -0.05) is 0 Å². The Bertz CT molecular complexity index is 179. The molecule has 0 aromatic heterocycles. The van der Waals surface area contributed by atoms with Gasteiger partial charge in [0.2, 0.25) is 0 Å². The van der Waals surface area contributed by atoms with Crippen molar-refractivity contribution in [1.29, 1.82) is 0 Å². The van der Waals surface area contributed by atoms with Gasteiger partial charge in [-0.15, -0.1) is 0 Å². The molecule has 4 heteroatoms. The number of methoxy groups -OCH3 is 1. The second kappa shape index (κ2) is 3.76. The predicted molar refractivity (Wildman–Crippen MR) is 42.5 cm³/mol. The first kappa shape index (κ1) is 8.59. The molecule has 0 aromatic rings. The fourth-order valence-corrected chi connectivity index (χ4v) is 2.11. The SMILES string of the molecule is COC(=O)C[C@@H]1CSCC1=O. The summed E-state index contributed by atoms with van der Waals surface area (Å²) in [6.45, 7) is 0. The second-order valence-corrected chi connectivity index (χ2v) is 3.49. The van der Waals surface area contributed by atoms with Gasteiger partial charge in [0.05, 0.1) is 19.3 Å². The van der Waals surface area contributed by atoms with E-state index in [9.17, 15) is 9.59 Å². The van der Waals surface area contributed by atoms with Crippen LogP contribution in [0.15, 0.2) is 0 Å². The Morgan fingerprint density at radius 1 is 1.82 bits per heavy atom. The number of ketones is 1. The molecule has 62 valence electrons. The van der Waals surface area contributed by atoms with E-state index in [-0.39, 0.29) is 24.1 Å². The molecule has 0 aromatic carbocycles. The first-order chi connectivity index (χ1) is 5.24. The summed E-state index contributed by atoms with van der Waals surface area (Å²) in [4.78, 5) is 21.7. The third-order valence-corrected chi connectivity index (χ3v) is 2.79. The maximum atomic E-state index is 11.0. The minimum Gasteiger partial charge on any atom is -0.469 e. The van der Waals surface area contributed by atoms with Crippen LogP contribution in [0.3, 0.4) is 0 Å². The Balaban J connectivity index is 2.36. The molecule has 0 saturated carbocycles. The molecule has 0 bridgehead atoms. The zero-order valence-electron chi connectivity index (χ0n) is 6.33. The lowest BCUT2D eigenvalue weighted by atomic mass is 10.0. The quantitative estimate of drug-likeness (QED) is 0.571. The lowest BCUT2D eigenvalue weighted by molar-refractivity contribution is -0.143. The van der Waals surface area contributed by atoms with Crippen molar-refractivity contribution in [2.75, 3.05) is 18.6 Å². The van der Waals surface area contributed by atoms with Gasteiger partial charge in [0.15, 0.2) is 0 Å². The highest BCUT2D eigenvalue weighted by atomic mass is 32.2. The van der Waals surface area contributed by atoms with E-state index in [1.54, 1.807) is 11.8 Å². The number of hydrogen-bond acceptors (Lipinski definition) is 4. The smallest absolute Gasteiger partial charge is 0.306 e. The Hall–Kier alpha value is -0.510. The lowest BCUT2D eigenvalue weighted by Crippen LogP contribution is -2.16. The third kappa shape index (κ3) is 2.22. The lowest BCUT2D eigenvalue weighted by Gasteiger charge is -2.03. The van der Waals surface area contributed by atoms with E-state index >= 15 is 0 Å². The van der Waals surface area contributed by atoms with Crippen LogP contribution in [0, 0.1) is 5.92 Å². The highest BCUT2D eigenvalue weighted by Crippen LogP contribution is 2.22. The molecule has 0 N–H and O–H groups in total. The summed E-state index contributed by atoms with van der Waals surface area (Å²) in [6.07, 6.45) is 0.252. The number of Topliss-reactive ketones (excluding diaryl/α,β-unsaturated/α-hetero) is 1. The van der Waals surface area contributed by atoms with E-state index in [1.165, 1.54) is 7.11 Å². The maximum absolute atomic E-state index is 11.0. The number of hydrogen-bond donors (Lipinski definition) is 0. The van der Waals surface area contributed by atoms with Crippen LogP contribution in [-0.2, 0) is 14.3 Å². The monoisotopic (exact) mass is 174 g/mol. The van der Waals surface area contributed by atoms with Crippen molar-refractivity contribution >= 4 is 23.5 Å². The maximum Gasteiger partial charge on any atom is 0.306 e. The molecule has 0 amide bonds. The summed E-state index contributed by atoms with van der Waals surface area (Å²) in [5.41, 5.74) is 0. The number of carbonyl (C=O) groups is 2. The zero-order chi connectivity index (χ0) is 8.27. The van der Waals surface area contributed by atoms with Crippen LogP contribution in [0.4, 0.5) is 0 Å². The second-order valence-electron chi connectivity index (χ2n) is 2.46. The van der Waals surface area contributed by atoms with E-state index in [4.69, 9.17) is 0 Å². The standard InChI is InChI=1S/C7H10O3S/c1-10-7(9)2-5-3-11-4-6(5)8/h5H,2-4H2,1H3/t5-/m1/s1. The van der Waals surface area contributed by atoms with Gasteiger partial charge in [-0.3, -0.25) is 9.59 Å². The van der Waals surface area contributed by atoms with Gasteiger partial charge in [0.25, 0.3) is 0 Å². The van der Waals surface area contributed by atoms with Crippen molar-refractivity contribution in [1.82, 2.24) is 0 Å². The van der Waals surface area contributed by atoms with E-state index in [0.29, 0.717) is 5.75 Å². The van der Waals surface area contributed by atoms with E-state index in [0.717, 1.165) is 5.75 Å². The fourth-order valence-electron chi connectivity index (χ4n) is 0.970. The van der Waals surface area contributed by atoms with Crippen LogP contribution < -0.4 is 0 Å². The van der Waals surface area contributed by atoms with Gasteiger partial charge in [-0.25, -0.2) is 0 Å². The van der Waals surface area contributed by atoms with E-state index in [2.05, 4.69) is 4.74 Å². The molecule has 1 heterocycles. The molecule has 3 nitrogen and oxygen atoms in total. The Morgan fingerprint density at radius 3 is 3.00 bits per heavy atom. The van der Waals surface area contributed by atoms with Crippen molar-refractivity contribution in [2.24, 2.45) is 5.92 Å². The molecular formula is C7H10O3S. The van der Waals surface area contributed by atoms with Crippen LogP contribution >= 0.6 is 11.8 Å². The van der Waals surface area contributed by atoms with Crippen molar-refractivity contribution in [2.45, 2.75) is 6.42 Å². The van der Waals surface area contributed by atoms with Crippen LogP contribution in [0.1, 0.15) is 6.42 Å². The molecule has 0 spiro atoms. The van der Waals surface area contributed by atoms with Crippen molar-refractivity contribution in [3.05, 3.63) is 0 Å². The van der Waals surface area contributed by atoms with Crippen molar-refractivity contribution in [3.8, 4) is 0 Å². The molecular weight excluding hydrogens is 164 g/mol.